The third-order valence-corrected chi connectivity index (χ3v) is 8.86. The fraction of sp³-hybridized carbons (Fsp3) is 0.483. The summed E-state index contributed by atoms with van der Waals surface area (Å²) in [5.74, 6) is 2.84. The lowest BCUT2D eigenvalue weighted by Crippen LogP contribution is -2.59. The molecular weight excluding hydrogens is 512 g/mol. The number of anilines is 1. The highest BCUT2D eigenvalue weighted by atomic mass is 32.1. The predicted molar refractivity (Wildman–Crippen MR) is 158 cm³/mol. The maximum atomic E-state index is 11.9. The van der Waals surface area contributed by atoms with Gasteiger partial charge in [0.2, 0.25) is 5.91 Å². The van der Waals surface area contributed by atoms with Crippen molar-refractivity contribution >= 4 is 45.4 Å². The summed E-state index contributed by atoms with van der Waals surface area (Å²) in [4.78, 5) is 30.3. The Kier molecular flexibility index (Phi) is 7.91. The summed E-state index contributed by atoms with van der Waals surface area (Å²) < 4.78 is 12.8. The summed E-state index contributed by atoms with van der Waals surface area (Å²) in [6, 6.07) is 2.20. The van der Waals surface area contributed by atoms with Gasteiger partial charge in [-0.1, -0.05) is 18.7 Å². The van der Waals surface area contributed by atoms with E-state index in [1.165, 1.54) is 4.88 Å². The Hall–Kier alpha value is -3.05. The second-order valence-electron chi connectivity index (χ2n) is 10.6. The zero-order valence-corrected chi connectivity index (χ0v) is 24.1. The first kappa shape index (κ1) is 27.5. The molecule has 3 aromatic heterocycles. The Labute approximate surface area is 233 Å². The Morgan fingerprint density at radius 2 is 1.90 bits per heavy atom. The van der Waals surface area contributed by atoms with Gasteiger partial charge in [-0.25, -0.2) is 9.97 Å². The maximum absolute atomic E-state index is 11.9. The number of allylic oxidation sites excluding steroid dienone is 1. The molecule has 5 rings (SSSR count). The molecule has 3 aromatic rings. The van der Waals surface area contributed by atoms with Gasteiger partial charge in [-0.15, -0.1) is 11.3 Å². The number of amides is 1. The Morgan fingerprint density at radius 1 is 1.18 bits per heavy atom. The Morgan fingerprint density at radius 3 is 2.54 bits per heavy atom. The van der Waals surface area contributed by atoms with Crippen molar-refractivity contribution in [3.05, 3.63) is 40.7 Å². The molecule has 2 aliphatic heterocycles. The third-order valence-electron chi connectivity index (χ3n) is 7.75. The fourth-order valence-corrected chi connectivity index (χ4v) is 6.49. The van der Waals surface area contributed by atoms with Crippen LogP contribution in [0.5, 0.6) is 0 Å². The summed E-state index contributed by atoms with van der Waals surface area (Å²) >= 11 is 1.76. The van der Waals surface area contributed by atoms with Crippen molar-refractivity contribution in [2.45, 2.75) is 39.8 Å². The van der Waals surface area contributed by atoms with Gasteiger partial charge in [0.15, 0.2) is 11.6 Å². The highest BCUT2D eigenvalue weighted by molar-refractivity contribution is 7.19. The van der Waals surface area contributed by atoms with Gasteiger partial charge in [0.25, 0.3) is 0 Å². The topological polar surface area (TPSA) is 101 Å². The van der Waals surface area contributed by atoms with Crippen LogP contribution < -0.4 is 10.6 Å². The Bertz CT molecular complexity index is 1390. The second-order valence-corrected chi connectivity index (χ2v) is 11.7. The van der Waals surface area contributed by atoms with Crippen molar-refractivity contribution in [2.24, 2.45) is 5.73 Å². The van der Waals surface area contributed by atoms with Crippen LogP contribution in [0.15, 0.2) is 23.1 Å². The van der Waals surface area contributed by atoms with Crippen LogP contribution in [0.3, 0.4) is 0 Å². The number of ether oxygens (including phenoxy) is 1. The van der Waals surface area contributed by atoms with E-state index in [1.54, 1.807) is 17.4 Å². The summed E-state index contributed by atoms with van der Waals surface area (Å²) in [6.07, 6.45) is 5.76. The molecule has 0 aromatic carbocycles. The van der Waals surface area contributed by atoms with E-state index in [2.05, 4.69) is 27.3 Å². The first-order valence-corrected chi connectivity index (χ1v) is 14.3. The van der Waals surface area contributed by atoms with Crippen LogP contribution in [0.2, 0.25) is 0 Å². The van der Waals surface area contributed by atoms with Crippen LogP contribution in [-0.2, 0) is 16.1 Å². The standard InChI is InChI=1S/C29H38N6O3S/c1-6-8-21-23(7-2)38-19(3)24(21)26-31-22-17-20(39-25(22)27(32-26)34-13-15-37-16-14-34)18-33-9-11-35(12-10-33)29(4,5)28(30)36/h6-8,17H,2,9-16,18H2,1,3-5H3,(H2,30,36)/b8-6-. The predicted octanol–water partition coefficient (Wildman–Crippen LogP) is 4.15. The van der Waals surface area contributed by atoms with Gasteiger partial charge in [0.1, 0.15) is 11.5 Å². The second kappa shape index (κ2) is 11.2. The molecule has 1 amide bonds. The smallest absolute Gasteiger partial charge is 0.237 e. The molecule has 2 aliphatic rings. The number of piperazine rings is 1. The molecule has 0 aliphatic carbocycles. The SMILES string of the molecule is C=Cc1oc(C)c(-c2nc(N3CCOCC3)c3sc(CN4CCN(C(C)(C)C(N)=O)CC4)cc3n2)c1/C=C\C. The number of furan rings is 1. The van der Waals surface area contributed by atoms with E-state index >= 15 is 0 Å². The van der Waals surface area contributed by atoms with Gasteiger partial charge in [0.05, 0.1) is 34.5 Å². The average molecular weight is 551 g/mol. The number of aryl methyl sites for hydroxylation is 1. The van der Waals surface area contributed by atoms with Crippen LogP contribution in [0.25, 0.3) is 33.8 Å². The number of primary amides is 1. The van der Waals surface area contributed by atoms with Crippen LogP contribution in [0.4, 0.5) is 5.82 Å². The minimum atomic E-state index is -0.634. The van der Waals surface area contributed by atoms with E-state index in [-0.39, 0.29) is 5.91 Å². The number of hydrogen-bond acceptors (Lipinski definition) is 9. The highest BCUT2D eigenvalue weighted by Crippen LogP contribution is 2.38. The fourth-order valence-electron chi connectivity index (χ4n) is 5.33. The minimum Gasteiger partial charge on any atom is -0.461 e. The lowest BCUT2D eigenvalue weighted by Gasteiger charge is -2.42. The van der Waals surface area contributed by atoms with Gasteiger partial charge in [0, 0.05) is 56.3 Å². The molecule has 2 saturated heterocycles. The highest BCUT2D eigenvalue weighted by Gasteiger charge is 2.35. The summed E-state index contributed by atoms with van der Waals surface area (Å²) in [5, 5.41) is 0. The molecule has 0 bridgehead atoms. The van der Waals surface area contributed by atoms with E-state index < -0.39 is 5.54 Å². The molecule has 0 atom stereocenters. The minimum absolute atomic E-state index is 0.281. The zero-order chi connectivity index (χ0) is 27.7. The number of morpholine rings is 1. The van der Waals surface area contributed by atoms with Crippen LogP contribution in [0.1, 0.15) is 42.7 Å². The molecule has 2 N–H and O–H groups in total. The van der Waals surface area contributed by atoms with Gasteiger partial charge in [-0.3, -0.25) is 14.6 Å². The van der Waals surface area contributed by atoms with Gasteiger partial charge in [-0.2, -0.15) is 0 Å². The van der Waals surface area contributed by atoms with E-state index in [0.29, 0.717) is 19.0 Å². The number of nitrogens with zero attached hydrogens (tertiary/aromatic N) is 5. The molecule has 39 heavy (non-hydrogen) atoms. The molecule has 2 fully saturated rings. The number of thiophene rings is 1. The monoisotopic (exact) mass is 550 g/mol. The van der Waals surface area contributed by atoms with Crippen molar-refractivity contribution in [1.82, 2.24) is 19.8 Å². The number of carbonyl (C=O) groups excluding carboxylic acids is 1. The van der Waals surface area contributed by atoms with Crippen molar-refractivity contribution in [1.29, 1.82) is 0 Å². The summed E-state index contributed by atoms with van der Waals surface area (Å²) in [7, 11) is 0. The van der Waals surface area contributed by atoms with E-state index in [9.17, 15) is 4.79 Å². The number of hydrogen-bond donors (Lipinski definition) is 1. The molecular formula is C29H38N6O3S. The molecule has 208 valence electrons. The number of rotatable bonds is 8. The molecule has 0 spiro atoms. The third kappa shape index (κ3) is 5.38. The lowest BCUT2D eigenvalue weighted by molar-refractivity contribution is -0.129. The average Bonchev–Trinajstić information content (AvgIpc) is 3.48. The van der Waals surface area contributed by atoms with Gasteiger partial charge in [-0.05, 0) is 39.8 Å². The molecule has 5 heterocycles. The first-order chi connectivity index (χ1) is 18.7. The lowest BCUT2D eigenvalue weighted by atomic mass is 10.0. The van der Waals surface area contributed by atoms with Crippen molar-refractivity contribution in [3.63, 3.8) is 0 Å². The van der Waals surface area contributed by atoms with Gasteiger partial charge >= 0.3 is 0 Å². The van der Waals surface area contributed by atoms with Gasteiger partial charge < -0.3 is 19.8 Å². The summed E-state index contributed by atoms with van der Waals surface area (Å²) in [5.41, 5.74) is 7.81. The number of aromatic nitrogens is 2. The van der Waals surface area contributed by atoms with E-state index in [4.69, 9.17) is 24.9 Å². The van der Waals surface area contributed by atoms with Crippen LogP contribution in [0, 0.1) is 6.92 Å². The number of carbonyl (C=O) groups is 1. The van der Waals surface area contributed by atoms with Crippen molar-refractivity contribution in [3.8, 4) is 11.4 Å². The van der Waals surface area contributed by atoms with Crippen molar-refractivity contribution < 1.29 is 13.9 Å². The quantitative estimate of drug-likeness (QED) is 0.446. The maximum Gasteiger partial charge on any atom is 0.237 e. The molecule has 0 saturated carbocycles. The first-order valence-electron chi connectivity index (χ1n) is 13.5. The number of nitrogens with two attached hydrogens (primary N) is 1. The zero-order valence-electron chi connectivity index (χ0n) is 23.3. The largest absolute Gasteiger partial charge is 0.461 e. The van der Waals surface area contributed by atoms with E-state index in [1.807, 2.05) is 39.8 Å². The normalized spacial score (nSPS) is 17.9. The molecule has 10 heteroatoms. The Balaban J connectivity index is 1.48. The summed E-state index contributed by atoms with van der Waals surface area (Å²) in [6.45, 7) is 18.8. The molecule has 0 unspecified atom stereocenters. The van der Waals surface area contributed by atoms with E-state index in [0.717, 1.165) is 84.5 Å². The number of fused-ring (bicyclic) bond motifs is 1. The van der Waals surface area contributed by atoms with Crippen molar-refractivity contribution in [2.75, 3.05) is 57.4 Å². The van der Waals surface area contributed by atoms with Crippen LogP contribution >= 0.6 is 11.3 Å². The van der Waals surface area contributed by atoms with Crippen LogP contribution in [-0.4, -0.2) is 83.7 Å². The molecule has 0 radical (unpaired) electrons. The molecule has 9 nitrogen and oxygen atoms in total.